The van der Waals surface area contributed by atoms with E-state index in [9.17, 15) is 9.18 Å². The first-order valence-corrected chi connectivity index (χ1v) is 6.38. The Bertz CT molecular complexity index is 488. The van der Waals surface area contributed by atoms with E-state index in [1.807, 2.05) is 20.8 Å². The largest absolute Gasteiger partial charge is 0.327 e. The maximum Gasteiger partial charge on any atom is 0.229 e. The van der Waals surface area contributed by atoms with Crippen molar-refractivity contribution in [3.63, 3.8) is 0 Å². The average Bonchev–Trinajstić information content (AvgIpc) is 2.39. The van der Waals surface area contributed by atoms with Gasteiger partial charge >= 0.3 is 0 Å². The van der Waals surface area contributed by atoms with Crippen molar-refractivity contribution in [3.8, 4) is 12.3 Å². The van der Waals surface area contributed by atoms with Crippen molar-refractivity contribution < 1.29 is 9.18 Å². The molecule has 0 spiro atoms. The van der Waals surface area contributed by atoms with Gasteiger partial charge in [-0.3, -0.25) is 4.79 Å². The molecule has 0 aromatic heterocycles. The van der Waals surface area contributed by atoms with E-state index in [0.717, 1.165) is 0 Å². The number of nitrogens with zero attached hydrogens (tertiary/aromatic N) is 1. The number of hydrogen-bond acceptors (Lipinski definition) is 1. The van der Waals surface area contributed by atoms with Gasteiger partial charge in [0.05, 0.1) is 6.54 Å². The topological polar surface area (TPSA) is 20.3 Å². The van der Waals surface area contributed by atoms with Crippen molar-refractivity contribution in [2.24, 2.45) is 5.41 Å². The lowest BCUT2D eigenvalue weighted by Gasteiger charge is -2.30. The molecular weight excluding hydrogens is 241 g/mol. The Labute approximate surface area is 114 Å². The van der Waals surface area contributed by atoms with Crippen LogP contribution in [0.5, 0.6) is 0 Å². The molecule has 0 unspecified atom stereocenters. The van der Waals surface area contributed by atoms with Crippen molar-refractivity contribution in [2.45, 2.75) is 33.7 Å². The summed E-state index contributed by atoms with van der Waals surface area (Å²) < 4.78 is 13.6. The fourth-order valence-electron chi connectivity index (χ4n) is 1.72. The third-order valence-electron chi connectivity index (χ3n) is 3.35. The van der Waals surface area contributed by atoms with Crippen LogP contribution in [0.1, 0.15) is 32.8 Å². The van der Waals surface area contributed by atoms with Crippen molar-refractivity contribution in [3.05, 3.63) is 35.6 Å². The molecule has 19 heavy (non-hydrogen) atoms. The molecule has 1 rings (SSSR count). The summed E-state index contributed by atoms with van der Waals surface area (Å²) in [5.41, 5.74) is 0.000241. The molecule has 0 heterocycles. The molecule has 0 aliphatic carbocycles. The summed E-state index contributed by atoms with van der Waals surface area (Å²) in [6.07, 6.45) is 6.02. The van der Waals surface area contributed by atoms with Crippen LogP contribution >= 0.6 is 0 Å². The Morgan fingerprint density at radius 2 is 2.05 bits per heavy atom. The number of hydrogen-bond donors (Lipinski definition) is 0. The lowest BCUT2D eigenvalue weighted by atomic mass is 9.88. The van der Waals surface area contributed by atoms with Crippen molar-refractivity contribution >= 4 is 5.91 Å². The number of amides is 1. The van der Waals surface area contributed by atoms with Crippen LogP contribution in [0.15, 0.2) is 24.3 Å². The van der Waals surface area contributed by atoms with Crippen LogP contribution < -0.4 is 0 Å². The minimum Gasteiger partial charge on any atom is -0.327 e. The maximum absolute atomic E-state index is 13.6. The standard InChI is InChI=1S/C16H20FNO/c1-5-11-18(15(19)16(3,4)6-2)12-13-9-7-8-10-14(13)17/h1,7-10H,6,11-12H2,2-4H3. The zero-order valence-corrected chi connectivity index (χ0v) is 11.7. The summed E-state index contributed by atoms with van der Waals surface area (Å²) in [5.74, 6) is 2.11. The van der Waals surface area contributed by atoms with Crippen LogP contribution in [0.4, 0.5) is 4.39 Å². The molecule has 1 aromatic rings. The zero-order valence-electron chi connectivity index (χ0n) is 11.7. The highest BCUT2D eigenvalue weighted by molar-refractivity contribution is 5.82. The third kappa shape index (κ3) is 3.82. The van der Waals surface area contributed by atoms with Crippen LogP contribution in [0.25, 0.3) is 0 Å². The second-order valence-electron chi connectivity index (χ2n) is 5.19. The maximum atomic E-state index is 13.6. The number of carbonyl (C=O) groups excluding carboxylic acids is 1. The summed E-state index contributed by atoms with van der Waals surface area (Å²) in [7, 11) is 0. The zero-order chi connectivity index (χ0) is 14.5. The van der Waals surface area contributed by atoms with Gasteiger partial charge < -0.3 is 4.90 Å². The van der Waals surface area contributed by atoms with Crippen LogP contribution in [-0.4, -0.2) is 17.4 Å². The van der Waals surface area contributed by atoms with Gasteiger partial charge in [0.25, 0.3) is 0 Å². The Morgan fingerprint density at radius 1 is 1.42 bits per heavy atom. The molecule has 0 fully saturated rings. The molecule has 0 aliphatic rings. The molecule has 102 valence electrons. The molecule has 0 atom stereocenters. The molecule has 3 heteroatoms. The van der Waals surface area contributed by atoms with E-state index >= 15 is 0 Å². The molecule has 2 nitrogen and oxygen atoms in total. The van der Waals surface area contributed by atoms with Gasteiger partial charge in [0.15, 0.2) is 0 Å². The molecule has 0 saturated carbocycles. The highest BCUT2D eigenvalue weighted by Gasteiger charge is 2.30. The van der Waals surface area contributed by atoms with E-state index in [-0.39, 0.29) is 24.8 Å². The predicted octanol–water partition coefficient (Wildman–Crippen LogP) is 3.22. The first kappa shape index (κ1) is 15.2. The molecular formula is C16H20FNO. The second-order valence-corrected chi connectivity index (χ2v) is 5.19. The van der Waals surface area contributed by atoms with Gasteiger partial charge in [-0.25, -0.2) is 4.39 Å². The number of halogens is 1. The minimum absolute atomic E-state index is 0.0452. The highest BCUT2D eigenvalue weighted by Crippen LogP contribution is 2.24. The number of benzene rings is 1. The summed E-state index contributed by atoms with van der Waals surface area (Å²) >= 11 is 0. The second kappa shape index (κ2) is 6.38. The Balaban J connectivity index is 2.94. The third-order valence-corrected chi connectivity index (χ3v) is 3.35. The van der Waals surface area contributed by atoms with E-state index in [4.69, 9.17) is 6.42 Å². The van der Waals surface area contributed by atoms with E-state index < -0.39 is 5.41 Å². The summed E-state index contributed by atoms with van der Waals surface area (Å²) in [6.45, 7) is 6.10. The highest BCUT2D eigenvalue weighted by atomic mass is 19.1. The average molecular weight is 261 g/mol. The first-order valence-electron chi connectivity index (χ1n) is 6.38. The van der Waals surface area contributed by atoms with Crippen LogP contribution in [0, 0.1) is 23.6 Å². The molecule has 0 radical (unpaired) electrons. The SMILES string of the molecule is C#CCN(Cc1ccccc1F)C(=O)C(C)(C)CC. The van der Waals surface area contributed by atoms with Crippen LogP contribution in [-0.2, 0) is 11.3 Å². The van der Waals surface area contributed by atoms with Gasteiger partial charge in [-0.1, -0.05) is 44.9 Å². The molecule has 0 aliphatic heterocycles. The number of rotatable bonds is 5. The quantitative estimate of drug-likeness (QED) is 0.745. The number of terminal acetylenes is 1. The monoisotopic (exact) mass is 261 g/mol. The normalized spacial score (nSPS) is 10.9. The molecule has 0 bridgehead atoms. The van der Waals surface area contributed by atoms with Crippen LogP contribution in [0.2, 0.25) is 0 Å². The Kier molecular flexibility index (Phi) is 5.11. The minimum atomic E-state index is -0.484. The fraction of sp³-hybridized carbons (Fsp3) is 0.438. The van der Waals surface area contributed by atoms with Crippen molar-refractivity contribution in [1.29, 1.82) is 0 Å². The van der Waals surface area contributed by atoms with Crippen molar-refractivity contribution in [1.82, 2.24) is 4.90 Å². The Hall–Kier alpha value is -1.82. The van der Waals surface area contributed by atoms with E-state index in [2.05, 4.69) is 5.92 Å². The van der Waals surface area contributed by atoms with Gasteiger partial charge in [0.1, 0.15) is 5.82 Å². The van der Waals surface area contributed by atoms with E-state index in [1.54, 1.807) is 18.2 Å². The van der Waals surface area contributed by atoms with Gasteiger partial charge in [-0.2, -0.15) is 0 Å². The van der Waals surface area contributed by atoms with Gasteiger partial charge in [0, 0.05) is 17.5 Å². The fourth-order valence-corrected chi connectivity index (χ4v) is 1.72. The molecule has 1 aromatic carbocycles. The predicted molar refractivity (Wildman–Crippen MR) is 74.7 cm³/mol. The van der Waals surface area contributed by atoms with Crippen molar-refractivity contribution in [2.75, 3.05) is 6.54 Å². The number of carbonyl (C=O) groups is 1. The van der Waals surface area contributed by atoms with Crippen LogP contribution in [0.3, 0.4) is 0 Å². The van der Waals surface area contributed by atoms with Gasteiger partial charge in [-0.05, 0) is 12.5 Å². The van der Waals surface area contributed by atoms with E-state index in [1.165, 1.54) is 11.0 Å². The summed E-state index contributed by atoms with van der Waals surface area (Å²) in [4.78, 5) is 13.9. The van der Waals surface area contributed by atoms with Gasteiger partial charge in [0.2, 0.25) is 5.91 Å². The molecule has 0 N–H and O–H groups in total. The van der Waals surface area contributed by atoms with E-state index in [0.29, 0.717) is 12.0 Å². The Morgan fingerprint density at radius 3 is 2.58 bits per heavy atom. The lowest BCUT2D eigenvalue weighted by Crippen LogP contribution is -2.40. The first-order chi connectivity index (χ1) is 8.92. The molecule has 1 amide bonds. The summed E-state index contributed by atoms with van der Waals surface area (Å²) in [5, 5.41) is 0. The summed E-state index contributed by atoms with van der Waals surface area (Å²) in [6, 6.07) is 6.44. The smallest absolute Gasteiger partial charge is 0.229 e. The lowest BCUT2D eigenvalue weighted by molar-refractivity contribution is -0.140. The molecule has 0 saturated heterocycles. The van der Waals surface area contributed by atoms with Gasteiger partial charge in [-0.15, -0.1) is 6.42 Å².